The lowest BCUT2D eigenvalue weighted by Crippen LogP contribution is -2.40. The van der Waals surface area contributed by atoms with Gasteiger partial charge in [0.1, 0.15) is 23.9 Å². The zero-order valence-electron chi connectivity index (χ0n) is 15.1. The number of hydrogen-bond acceptors (Lipinski definition) is 5. The summed E-state index contributed by atoms with van der Waals surface area (Å²) in [6.07, 6.45) is 0. The van der Waals surface area contributed by atoms with Crippen molar-refractivity contribution in [2.75, 3.05) is 32.8 Å². The lowest BCUT2D eigenvalue weighted by atomic mass is 10.0. The van der Waals surface area contributed by atoms with E-state index in [0.29, 0.717) is 26.2 Å². The first kappa shape index (κ1) is 17.1. The molecule has 2 N–H and O–H groups in total. The molecule has 0 radical (unpaired) electrons. The summed E-state index contributed by atoms with van der Waals surface area (Å²) in [4.78, 5) is 16.8. The first-order valence-electron chi connectivity index (χ1n) is 9.13. The number of likely N-dealkylation sites (tertiary alicyclic amines) is 1. The van der Waals surface area contributed by atoms with Gasteiger partial charge < -0.3 is 19.8 Å². The number of para-hydroxylation sites is 1. The highest BCUT2D eigenvalue weighted by Gasteiger charge is 2.36. The smallest absolute Gasteiger partial charge is 0.236 e. The summed E-state index contributed by atoms with van der Waals surface area (Å²) < 4.78 is 11.5. The molecular formula is C20H25N3O3. The number of carbonyl (C=O) groups is 1. The molecule has 0 unspecified atom stereocenters. The second-order valence-electron chi connectivity index (χ2n) is 7.18. The van der Waals surface area contributed by atoms with Gasteiger partial charge in [0.15, 0.2) is 0 Å². The molecule has 3 heterocycles. The number of amides is 1. The van der Waals surface area contributed by atoms with Crippen molar-refractivity contribution < 1.29 is 13.9 Å². The predicted molar refractivity (Wildman–Crippen MR) is 98.0 cm³/mol. The molecule has 26 heavy (non-hydrogen) atoms. The van der Waals surface area contributed by atoms with Crippen LogP contribution in [0.1, 0.15) is 23.0 Å². The van der Waals surface area contributed by atoms with Crippen molar-refractivity contribution in [2.24, 2.45) is 5.73 Å². The molecule has 138 valence electrons. The molecule has 0 aliphatic carbocycles. The Kier molecular flexibility index (Phi) is 4.70. The Morgan fingerprint density at radius 1 is 1.23 bits per heavy atom. The zero-order valence-corrected chi connectivity index (χ0v) is 15.1. The van der Waals surface area contributed by atoms with Crippen LogP contribution in [0.2, 0.25) is 0 Å². The normalized spacial score (nSPS) is 23.4. The highest BCUT2D eigenvalue weighted by Crippen LogP contribution is 2.28. The van der Waals surface area contributed by atoms with E-state index in [9.17, 15) is 4.79 Å². The Morgan fingerprint density at radius 3 is 2.88 bits per heavy atom. The molecule has 0 saturated carbocycles. The van der Waals surface area contributed by atoms with Crippen LogP contribution in [0.3, 0.4) is 0 Å². The number of hydrogen-bond donors (Lipinski definition) is 1. The Bertz CT molecular complexity index is 788. The number of furan rings is 1. The number of benzene rings is 1. The minimum atomic E-state index is -0.0855. The van der Waals surface area contributed by atoms with Gasteiger partial charge in [0.2, 0.25) is 5.91 Å². The Labute approximate surface area is 153 Å². The van der Waals surface area contributed by atoms with Crippen molar-refractivity contribution in [3.05, 3.63) is 53.5 Å². The molecule has 6 heteroatoms. The Balaban J connectivity index is 1.39. The molecule has 2 atom stereocenters. The number of nitrogens with zero attached hydrogens (tertiary/aromatic N) is 2. The van der Waals surface area contributed by atoms with E-state index in [4.69, 9.17) is 14.9 Å². The lowest BCUT2D eigenvalue weighted by molar-refractivity contribution is -0.131. The van der Waals surface area contributed by atoms with Gasteiger partial charge in [-0.05, 0) is 25.1 Å². The van der Waals surface area contributed by atoms with Crippen LogP contribution in [0, 0.1) is 6.92 Å². The van der Waals surface area contributed by atoms with Crippen molar-refractivity contribution in [1.29, 1.82) is 0 Å². The van der Waals surface area contributed by atoms with E-state index in [1.165, 1.54) is 0 Å². The van der Waals surface area contributed by atoms with E-state index in [1.54, 1.807) is 0 Å². The number of ether oxygens (including phenoxy) is 1. The van der Waals surface area contributed by atoms with E-state index < -0.39 is 0 Å². The fourth-order valence-electron chi connectivity index (χ4n) is 3.79. The molecule has 0 spiro atoms. The van der Waals surface area contributed by atoms with Crippen LogP contribution in [0.5, 0.6) is 5.75 Å². The van der Waals surface area contributed by atoms with Crippen LogP contribution in [0.25, 0.3) is 0 Å². The number of rotatable bonds is 3. The Hall–Kier alpha value is -2.31. The van der Waals surface area contributed by atoms with Gasteiger partial charge in [-0.25, -0.2) is 0 Å². The molecule has 6 nitrogen and oxygen atoms in total. The van der Waals surface area contributed by atoms with E-state index in [0.717, 1.165) is 35.9 Å². The maximum absolute atomic E-state index is 12.8. The van der Waals surface area contributed by atoms with Crippen LogP contribution in [-0.4, -0.2) is 54.5 Å². The molecule has 1 amide bonds. The summed E-state index contributed by atoms with van der Waals surface area (Å²) in [5.41, 5.74) is 7.41. The van der Waals surface area contributed by atoms with Gasteiger partial charge in [0.05, 0.1) is 12.5 Å². The molecule has 2 aliphatic heterocycles. The number of fused-ring (bicyclic) bond motifs is 1. The molecule has 2 aliphatic rings. The largest absolute Gasteiger partial charge is 0.492 e. The van der Waals surface area contributed by atoms with Gasteiger partial charge in [-0.1, -0.05) is 18.2 Å². The fraction of sp³-hybridized carbons (Fsp3) is 0.450. The van der Waals surface area contributed by atoms with Gasteiger partial charge in [0.25, 0.3) is 0 Å². The van der Waals surface area contributed by atoms with Crippen molar-refractivity contribution in [3.63, 3.8) is 0 Å². The van der Waals surface area contributed by atoms with E-state index in [2.05, 4.69) is 11.0 Å². The Morgan fingerprint density at radius 2 is 2.08 bits per heavy atom. The second-order valence-corrected chi connectivity index (χ2v) is 7.18. The molecule has 1 fully saturated rings. The highest BCUT2D eigenvalue weighted by molar-refractivity contribution is 5.79. The average Bonchev–Trinajstić information content (AvgIpc) is 3.15. The third-order valence-electron chi connectivity index (χ3n) is 5.23. The minimum absolute atomic E-state index is 0.0702. The average molecular weight is 355 g/mol. The van der Waals surface area contributed by atoms with Crippen LogP contribution in [-0.2, 0) is 11.3 Å². The molecule has 4 rings (SSSR count). The van der Waals surface area contributed by atoms with E-state index >= 15 is 0 Å². The number of nitrogens with two attached hydrogens (primary N) is 1. The lowest BCUT2D eigenvalue weighted by Gasteiger charge is -2.23. The maximum Gasteiger partial charge on any atom is 0.236 e. The SMILES string of the molecule is Cc1ccc([C@@H]2CN(C(=O)CN3CCOc4ccccc4C3)C[C@H]2N)o1. The molecular weight excluding hydrogens is 330 g/mol. The quantitative estimate of drug-likeness (QED) is 0.908. The van der Waals surface area contributed by atoms with Gasteiger partial charge in [-0.3, -0.25) is 9.69 Å². The molecule has 0 bridgehead atoms. The topological polar surface area (TPSA) is 71.9 Å². The summed E-state index contributed by atoms with van der Waals surface area (Å²) in [5.74, 6) is 2.85. The van der Waals surface area contributed by atoms with Crippen molar-refractivity contribution in [2.45, 2.75) is 25.4 Å². The summed E-state index contributed by atoms with van der Waals surface area (Å²) in [6, 6.07) is 11.8. The summed E-state index contributed by atoms with van der Waals surface area (Å²) in [5, 5.41) is 0. The molecule has 1 aromatic carbocycles. The van der Waals surface area contributed by atoms with E-state index in [1.807, 2.05) is 42.2 Å². The minimum Gasteiger partial charge on any atom is -0.492 e. The first-order valence-corrected chi connectivity index (χ1v) is 9.13. The van der Waals surface area contributed by atoms with Gasteiger partial charge in [-0.2, -0.15) is 0 Å². The second kappa shape index (κ2) is 7.13. The monoisotopic (exact) mass is 355 g/mol. The van der Waals surface area contributed by atoms with Crippen LogP contribution in [0.15, 0.2) is 40.8 Å². The summed E-state index contributed by atoms with van der Waals surface area (Å²) >= 11 is 0. The summed E-state index contributed by atoms with van der Waals surface area (Å²) in [7, 11) is 0. The van der Waals surface area contributed by atoms with E-state index in [-0.39, 0.29) is 17.9 Å². The van der Waals surface area contributed by atoms with Gasteiger partial charge in [0, 0.05) is 37.8 Å². The molecule has 1 saturated heterocycles. The molecule has 1 aromatic heterocycles. The fourth-order valence-corrected chi connectivity index (χ4v) is 3.79. The van der Waals surface area contributed by atoms with Gasteiger partial charge in [-0.15, -0.1) is 0 Å². The maximum atomic E-state index is 12.8. The van der Waals surface area contributed by atoms with Crippen LogP contribution in [0.4, 0.5) is 0 Å². The van der Waals surface area contributed by atoms with Crippen LogP contribution < -0.4 is 10.5 Å². The van der Waals surface area contributed by atoms with Crippen molar-refractivity contribution in [1.82, 2.24) is 9.80 Å². The number of carbonyl (C=O) groups excluding carboxylic acids is 1. The zero-order chi connectivity index (χ0) is 18.1. The van der Waals surface area contributed by atoms with Gasteiger partial charge >= 0.3 is 0 Å². The number of aryl methyl sites for hydroxylation is 1. The molecule has 2 aromatic rings. The summed E-state index contributed by atoms with van der Waals surface area (Å²) in [6.45, 7) is 5.56. The standard InChI is InChI=1S/C20H25N3O3/c1-14-6-7-19(26-14)16-11-23(12-17(16)21)20(24)13-22-8-9-25-18-5-3-2-4-15(18)10-22/h2-7,16-17H,8-13,21H2,1H3/t16-,17-/m1/s1. The predicted octanol–water partition coefficient (Wildman–Crippen LogP) is 1.74. The van der Waals surface area contributed by atoms with Crippen LogP contribution >= 0.6 is 0 Å². The third kappa shape index (κ3) is 3.48. The van der Waals surface area contributed by atoms with Crippen molar-refractivity contribution in [3.8, 4) is 5.75 Å². The first-order chi connectivity index (χ1) is 12.6. The highest BCUT2D eigenvalue weighted by atomic mass is 16.5. The van der Waals surface area contributed by atoms with Crippen molar-refractivity contribution >= 4 is 5.91 Å². The third-order valence-corrected chi connectivity index (χ3v) is 5.23.